The van der Waals surface area contributed by atoms with Crippen molar-refractivity contribution in [2.45, 2.75) is 38.2 Å². The quantitative estimate of drug-likeness (QED) is 0.806. The van der Waals surface area contributed by atoms with Gasteiger partial charge in [0, 0.05) is 32.7 Å². The van der Waals surface area contributed by atoms with Crippen molar-refractivity contribution in [3.8, 4) is 0 Å². The molecule has 0 spiro atoms. The van der Waals surface area contributed by atoms with Gasteiger partial charge < -0.3 is 20.1 Å². The summed E-state index contributed by atoms with van der Waals surface area (Å²) in [4.78, 5) is 12.1. The van der Waals surface area contributed by atoms with Crippen LogP contribution in [0.3, 0.4) is 0 Å². The number of fused-ring (bicyclic) bond motifs is 1. The number of hydrogen-bond donors (Lipinski definition) is 2. The number of urea groups is 1. The molecule has 0 saturated carbocycles. The van der Waals surface area contributed by atoms with E-state index in [9.17, 15) is 4.79 Å². The highest BCUT2D eigenvalue weighted by molar-refractivity contribution is 5.73. The van der Waals surface area contributed by atoms with Crippen molar-refractivity contribution in [2.75, 3.05) is 33.4 Å². The van der Waals surface area contributed by atoms with E-state index in [1.165, 1.54) is 11.1 Å². The first-order valence-electron chi connectivity index (χ1n) is 9.45. The van der Waals surface area contributed by atoms with Gasteiger partial charge in [-0.25, -0.2) is 4.79 Å². The Kier molecular flexibility index (Phi) is 6.70. The Labute approximate surface area is 150 Å². The monoisotopic (exact) mass is 346 g/mol. The number of amides is 2. The lowest BCUT2D eigenvalue weighted by Gasteiger charge is -2.30. The second kappa shape index (κ2) is 9.20. The van der Waals surface area contributed by atoms with Gasteiger partial charge in [-0.1, -0.05) is 24.3 Å². The summed E-state index contributed by atoms with van der Waals surface area (Å²) in [5, 5.41) is 6.06. The molecule has 1 aromatic rings. The summed E-state index contributed by atoms with van der Waals surface area (Å²) in [6.07, 6.45) is 5.52. The molecule has 2 aliphatic rings. The van der Waals surface area contributed by atoms with E-state index in [4.69, 9.17) is 9.47 Å². The molecule has 2 unspecified atom stereocenters. The molecule has 2 amide bonds. The lowest BCUT2D eigenvalue weighted by molar-refractivity contribution is -0.0638. The van der Waals surface area contributed by atoms with Gasteiger partial charge in [-0.05, 0) is 49.1 Å². The normalized spacial score (nSPS) is 24.2. The maximum absolute atomic E-state index is 12.1. The topological polar surface area (TPSA) is 59.6 Å². The number of carbonyl (C=O) groups excluding carboxylic acids is 1. The minimum atomic E-state index is -0.0666. The number of rotatable bonds is 5. The summed E-state index contributed by atoms with van der Waals surface area (Å²) < 4.78 is 10.9. The second-order valence-corrected chi connectivity index (χ2v) is 7.20. The first kappa shape index (κ1) is 18.2. The highest BCUT2D eigenvalue weighted by Gasteiger charge is 2.26. The molecule has 138 valence electrons. The Balaban J connectivity index is 1.38. The Morgan fingerprint density at radius 3 is 2.48 bits per heavy atom. The van der Waals surface area contributed by atoms with Crippen LogP contribution in [0.1, 0.15) is 30.4 Å². The van der Waals surface area contributed by atoms with E-state index < -0.39 is 0 Å². The molecule has 25 heavy (non-hydrogen) atoms. The first-order chi connectivity index (χ1) is 12.3. The number of benzene rings is 1. The number of carbonyl (C=O) groups is 1. The zero-order valence-electron chi connectivity index (χ0n) is 15.1. The van der Waals surface area contributed by atoms with Crippen LogP contribution in [-0.2, 0) is 22.3 Å². The molecule has 1 aliphatic heterocycles. The maximum atomic E-state index is 12.1. The van der Waals surface area contributed by atoms with E-state index in [0.717, 1.165) is 45.3 Å². The molecule has 0 aromatic heterocycles. The highest BCUT2D eigenvalue weighted by Crippen LogP contribution is 2.24. The van der Waals surface area contributed by atoms with Crippen LogP contribution in [-0.4, -0.2) is 45.5 Å². The Hall–Kier alpha value is -1.59. The minimum absolute atomic E-state index is 0.0666. The maximum Gasteiger partial charge on any atom is 0.314 e. The van der Waals surface area contributed by atoms with Crippen molar-refractivity contribution in [1.82, 2.24) is 10.6 Å². The molecule has 3 rings (SSSR count). The van der Waals surface area contributed by atoms with Crippen molar-refractivity contribution in [3.05, 3.63) is 35.4 Å². The SMILES string of the molecule is COC1COCCC1CNC(=O)NCC1CCc2ccccc2CC1. The van der Waals surface area contributed by atoms with Crippen LogP contribution in [0.2, 0.25) is 0 Å². The van der Waals surface area contributed by atoms with Crippen LogP contribution >= 0.6 is 0 Å². The molecule has 1 aromatic carbocycles. The molecule has 0 radical (unpaired) electrons. The zero-order valence-corrected chi connectivity index (χ0v) is 15.1. The van der Waals surface area contributed by atoms with Gasteiger partial charge in [-0.2, -0.15) is 0 Å². The van der Waals surface area contributed by atoms with E-state index in [-0.39, 0.29) is 12.1 Å². The average molecular weight is 346 g/mol. The molecule has 5 nitrogen and oxygen atoms in total. The third-order valence-corrected chi connectivity index (χ3v) is 5.58. The van der Waals surface area contributed by atoms with Crippen LogP contribution in [0.25, 0.3) is 0 Å². The molecular formula is C20H30N2O3. The molecule has 5 heteroatoms. The summed E-state index contributed by atoms with van der Waals surface area (Å²) in [5.41, 5.74) is 2.94. The molecule has 1 aliphatic carbocycles. The van der Waals surface area contributed by atoms with Crippen LogP contribution in [0.15, 0.2) is 24.3 Å². The molecule has 1 saturated heterocycles. The van der Waals surface area contributed by atoms with Crippen molar-refractivity contribution in [3.63, 3.8) is 0 Å². The zero-order chi connectivity index (χ0) is 17.5. The highest BCUT2D eigenvalue weighted by atomic mass is 16.5. The van der Waals surface area contributed by atoms with E-state index in [0.29, 0.717) is 25.0 Å². The molecule has 2 N–H and O–H groups in total. The smallest absolute Gasteiger partial charge is 0.314 e. The Morgan fingerprint density at radius 2 is 1.80 bits per heavy atom. The summed E-state index contributed by atoms with van der Waals surface area (Å²) in [6, 6.07) is 8.64. The van der Waals surface area contributed by atoms with Crippen molar-refractivity contribution < 1.29 is 14.3 Å². The largest absolute Gasteiger partial charge is 0.379 e. The summed E-state index contributed by atoms with van der Waals surface area (Å²) in [6.45, 7) is 2.76. The third-order valence-electron chi connectivity index (χ3n) is 5.58. The van der Waals surface area contributed by atoms with E-state index in [2.05, 4.69) is 34.9 Å². The fourth-order valence-corrected chi connectivity index (χ4v) is 3.89. The minimum Gasteiger partial charge on any atom is -0.379 e. The van der Waals surface area contributed by atoms with Crippen molar-refractivity contribution >= 4 is 6.03 Å². The van der Waals surface area contributed by atoms with Gasteiger partial charge in [-0.3, -0.25) is 0 Å². The Morgan fingerprint density at radius 1 is 1.12 bits per heavy atom. The molecular weight excluding hydrogens is 316 g/mol. The van der Waals surface area contributed by atoms with Crippen LogP contribution in [0.4, 0.5) is 4.79 Å². The van der Waals surface area contributed by atoms with Crippen LogP contribution in [0, 0.1) is 11.8 Å². The lowest BCUT2D eigenvalue weighted by atomic mass is 9.97. The lowest BCUT2D eigenvalue weighted by Crippen LogP contribution is -2.45. The number of methoxy groups -OCH3 is 1. The van der Waals surface area contributed by atoms with Crippen LogP contribution in [0.5, 0.6) is 0 Å². The van der Waals surface area contributed by atoms with E-state index in [1.807, 2.05) is 0 Å². The number of nitrogens with one attached hydrogen (secondary N) is 2. The van der Waals surface area contributed by atoms with E-state index in [1.54, 1.807) is 7.11 Å². The second-order valence-electron chi connectivity index (χ2n) is 7.20. The van der Waals surface area contributed by atoms with Crippen molar-refractivity contribution in [1.29, 1.82) is 0 Å². The summed E-state index contributed by atoms with van der Waals surface area (Å²) in [5.74, 6) is 0.879. The predicted molar refractivity (Wildman–Crippen MR) is 97.7 cm³/mol. The Bertz CT molecular complexity index is 537. The number of aryl methyl sites for hydroxylation is 2. The van der Waals surface area contributed by atoms with Gasteiger partial charge in [0.15, 0.2) is 0 Å². The van der Waals surface area contributed by atoms with Gasteiger partial charge in [0.25, 0.3) is 0 Å². The molecule has 1 fully saturated rings. The average Bonchev–Trinajstić information content (AvgIpc) is 2.87. The van der Waals surface area contributed by atoms with Gasteiger partial charge >= 0.3 is 6.03 Å². The molecule has 1 heterocycles. The number of hydrogen-bond acceptors (Lipinski definition) is 3. The fraction of sp³-hybridized carbons (Fsp3) is 0.650. The van der Waals surface area contributed by atoms with Crippen LogP contribution < -0.4 is 10.6 Å². The summed E-state index contributed by atoms with van der Waals surface area (Å²) >= 11 is 0. The van der Waals surface area contributed by atoms with Gasteiger partial charge in [0.2, 0.25) is 0 Å². The fourth-order valence-electron chi connectivity index (χ4n) is 3.89. The standard InChI is InChI=1S/C20H30N2O3/c1-24-19-14-25-11-10-18(19)13-22-20(23)21-12-15-6-8-16-4-2-3-5-17(16)9-7-15/h2-5,15,18-19H,6-14H2,1H3,(H2,21,22,23). The van der Waals surface area contributed by atoms with Gasteiger partial charge in [0.1, 0.15) is 0 Å². The summed E-state index contributed by atoms with van der Waals surface area (Å²) in [7, 11) is 1.70. The number of ether oxygens (including phenoxy) is 2. The van der Waals surface area contributed by atoms with Crippen molar-refractivity contribution in [2.24, 2.45) is 11.8 Å². The third kappa shape index (κ3) is 5.19. The van der Waals surface area contributed by atoms with E-state index >= 15 is 0 Å². The van der Waals surface area contributed by atoms with Gasteiger partial charge in [0.05, 0.1) is 12.7 Å². The molecule has 2 atom stereocenters. The first-order valence-corrected chi connectivity index (χ1v) is 9.45. The van der Waals surface area contributed by atoms with Gasteiger partial charge in [-0.15, -0.1) is 0 Å². The molecule has 0 bridgehead atoms. The predicted octanol–water partition coefficient (Wildman–Crippen LogP) is 2.53.